The van der Waals surface area contributed by atoms with Gasteiger partial charge < -0.3 is 9.84 Å². The molecule has 0 saturated carbocycles. The van der Waals surface area contributed by atoms with Gasteiger partial charge in [-0.1, -0.05) is 12.1 Å². The van der Waals surface area contributed by atoms with Crippen molar-refractivity contribution in [2.24, 2.45) is 0 Å². The molecule has 0 saturated heterocycles. The summed E-state index contributed by atoms with van der Waals surface area (Å²) in [4.78, 5) is 11.9. The Balaban J connectivity index is 2.75. The van der Waals surface area contributed by atoms with E-state index in [-0.39, 0.29) is 11.6 Å². The number of esters is 1. The van der Waals surface area contributed by atoms with E-state index in [1.165, 1.54) is 19.2 Å². The quantitative estimate of drug-likeness (QED) is 0.851. The maximum Gasteiger partial charge on any atom is 0.338 e. The molecule has 104 valence electrons. The van der Waals surface area contributed by atoms with Crippen molar-refractivity contribution >= 4 is 5.97 Å². The minimum Gasteiger partial charge on any atom is -0.507 e. The van der Waals surface area contributed by atoms with E-state index in [2.05, 4.69) is 0 Å². The minimum atomic E-state index is -0.490. The zero-order valence-corrected chi connectivity index (χ0v) is 11.5. The first-order valence-corrected chi connectivity index (χ1v) is 6.13. The Morgan fingerprint density at radius 1 is 1.20 bits per heavy atom. The summed E-state index contributed by atoms with van der Waals surface area (Å²) >= 11 is 0. The lowest BCUT2D eigenvalue weighted by Gasteiger charge is -2.15. The predicted molar refractivity (Wildman–Crippen MR) is 74.3 cm³/mol. The molecule has 0 bridgehead atoms. The highest BCUT2D eigenvalue weighted by Gasteiger charge is 2.19. The van der Waals surface area contributed by atoms with E-state index in [1.807, 2.05) is 0 Å². The first-order chi connectivity index (χ1) is 9.45. The maximum atomic E-state index is 13.0. The third kappa shape index (κ3) is 2.37. The minimum absolute atomic E-state index is 0.122. The molecule has 0 fully saturated rings. The normalized spacial score (nSPS) is 10.4. The largest absolute Gasteiger partial charge is 0.507 e. The van der Waals surface area contributed by atoms with Crippen LogP contribution in [0.3, 0.4) is 0 Å². The molecule has 2 rings (SSSR count). The topological polar surface area (TPSA) is 46.5 Å². The molecule has 0 spiro atoms. The lowest BCUT2D eigenvalue weighted by atomic mass is 9.92. The zero-order chi connectivity index (χ0) is 14.9. The first kappa shape index (κ1) is 14.1. The number of aromatic hydroxyl groups is 1. The number of carbonyl (C=O) groups excluding carboxylic acids is 1. The predicted octanol–water partition coefficient (Wildman–Crippen LogP) is 3.60. The van der Waals surface area contributed by atoms with Gasteiger partial charge in [0.1, 0.15) is 11.6 Å². The molecule has 1 N–H and O–H groups in total. The van der Waals surface area contributed by atoms with Crippen molar-refractivity contribution in [3.8, 4) is 16.9 Å². The van der Waals surface area contributed by atoms with Crippen molar-refractivity contribution in [1.82, 2.24) is 0 Å². The average molecular weight is 274 g/mol. The summed E-state index contributed by atoms with van der Waals surface area (Å²) in [5, 5.41) is 10.1. The summed E-state index contributed by atoms with van der Waals surface area (Å²) in [5.41, 5.74) is 2.72. The van der Waals surface area contributed by atoms with E-state index in [4.69, 9.17) is 4.74 Å². The van der Waals surface area contributed by atoms with Crippen molar-refractivity contribution in [3.05, 3.63) is 52.8 Å². The van der Waals surface area contributed by atoms with E-state index in [9.17, 15) is 14.3 Å². The van der Waals surface area contributed by atoms with Crippen molar-refractivity contribution in [3.63, 3.8) is 0 Å². The van der Waals surface area contributed by atoms with Crippen LogP contribution in [0.5, 0.6) is 5.75 Å². The van der Waals surface area contributed by atoms with Gasteiger partial charge in [0, 0.05) is 5.56 Å². The van der Waals surface area contributed by atoms with Gasteiger partial charge in [0.15, 0.2) is 0 Å². The number of halogens is 1. The number of ether oxygens (including phenoxy) is 1. The van der Waals surface area contributed by atoms with Gasteiger partial charge in [-0.15, -0.1) is 0 Å². The van der Waals surface area contributed by atoms with E-state index in [0.29, 0.717) is 27.8 Å². The number of methoxy groups -OCH3 is 1. The highest BCUT2D eigenvalue weighted by molar-refractivity contribution is 5.99. The van der Waals surface area contributed by atoms with Gasteiger partial charge in [-0.2, -0.15) is 0 Å². The van der Waals surface area contributed by atoms with Crippen molar-refractivity contribution in [2.45, 2.75) is 13.8 Å². The lowest BCUT2D eigenvalue weighted by Crippen LogP contribution is -2.06. The molecule has 2 aromatic carbocycles. The molecule has 0 heterocycles. The van der Waals surface area contributed by atoms with Crippen LogP contribution in [0.15, 0.2) is 30.3 Å². The first-order valence-electron chi connectivity index (χ1n) is 6.13. The molecule has 0 amide bonds. The standard InChI is InChI=1S/C16H15FO3/c1-9-8-13(16(19)20-3)14(10(2)15(9)18)11-4-6-12(17)7-5-11/h4-8,18H,1-3H3. The Morgan fingerprint density at radius 3 is 2.35 bits per heavy atom. The van der Waals surface area contributed by atoms with E-state index in [0.717, 1.165) is 0 Å². The molecule has 0 aliphatic rings. The van der Waals surface area contributed by atoms with Crippen LogP contribution in [0, 0.1) is 19.7 Å². The highest BCUT2D eigenvalue weighted by atomic mass is 19.1. The van der Waals surface area contributed by atoms with Crippen LogP contribution >= 0.6 is 0 Å². The van der Waals surface area contributed by atoms with Gasteiger partial charge in [0.25, 0.3) is 0 Å². The second kappa shape index (κ2) is 5.33. The third-order valence-corrected chi connectivity index (χ3v) is 3.27. The third-order valence-electron chi connectivity index (χ3n) is 3.27. The molecule has 0 unspecified atom stereocenters. The monoisotopic (exact) mass is 274 g/mol. The maximum absolute atomic E-state index is 13.0. The van der Waals surface area contributed by atoms with E-state index < -0.39 is 5.97 Å². The number of aryl methyl sites for hydroxylation is 1. The van der Waals surface area contributed by atoms with Gasteiger partial charge in [0.05, 0.1) is 12.7 Å². The summed E-state index contributed by atoms with van der Waals surface area (Å²) in [7, 11) is 1.30. The molecule has 4 heteroatoms. The second-order valence-corrected chi connectivity index (χ2v) is 4.59. The number of carbonyl (C=O) groups is 1. The molecule has 20 heavy (non-hydrogen) atoms. The molecule has 2 aromatic rings. The Morgan fingerprint density at radius 2 is 1.80 bits per heavy atom. The molecular weight excluding hydrogens is 259 g/mol. The second-order valence-electron chi connectivity index (χ2n) is 4.59. The Kier molecular flexibility index (Phi) is 3.74. The molecule has 0 aliphatic carbocycles. The number of phenolic OH excluding ortho intramolecular Hbond substituents is 1. The van der Waals surface area contributed by atoms with Crippen LogP contribution in [-0.2, 0) is 4.74 Å². The Labute approximate surface area is 116 Å². The van der Waals surface area contributed by atoms with Gasteiger partial charge in [-0.25, -0.2) is 9.18 Å². The SMILES string of the molecule is COC(=O)c1cc(C)c(O)c(C)c1-c1ccc(F)cc1. The number of hydrogen-bond donors (Lipinski definition) is 1. The summed E-state index contributed by atoms with van der Waals surface area (Å²) in [6.45, 7) is 3.43. The van der Waals surface area contributed by atoms with Crippen molar-refractivity contribution in [2.75, 3.05) is 7.11 Å². The molecule has 3 nitrogen and oxygen atoms in total. The zero-order valence-electron chi connectivity index (χ0n) is 11.5. The number of benzene rings is 2. The van der Waals surface area contributed by atoms with Crippen molar-refractivity contribution in [1.29, 1.82) is 0 Å². The van der Waals surface area contributed by atoms with Crippen LogP contribution in [0.1, 0.15) is 21.5 Å². The van der Waals surface area contributed by atoms with Gasteiger partial charge in [0.2, 0.25) is 0 Å². The van der Waals surface area contributed by atoms with E-state index >= 15 is 0 Å². The molecule has 0 aliphatic heterocycles. The Bertz CT molecular complexity index is 660. The number of hydrogen-bond acceptors (Lipinski definition) is 3. The van der Waals surface area contributed by atoms with Crippen LogP contribution in [0.25, 0.3) is 11.1 Å². The highest BCUT2D eigenvalue weighted by Crippen LogP contribution is 2.35. The molecule has 0 aromatic heterocycles. The Hall–Kier alpha value is -2.36. The van der Waals surface area contributed by atoms with Crippen LogP contribution in [-0.4, -0.2) is 18.2 Å². The van der Waals surface area contributed by atoms with Crippen LogP contribution in [0.2, 0.25) is 0 Å². The van der Waals surface area contributed by atoms with Crippen LogP contribution < -0.4 is 0 Å². The summed E-state index contributed by atoms with van der Waals surface area (Å²) < 4.78 is 17.8. The molecule has 0 radical (unpaired) electrons. The molecular formula is C16H15FO3. The molecule has 0 atom stereocenters. The fourth-order valence-electron chi connectivity index (χ4n) is 2.23. The van der Waals surface area contributed by atoms with Gasteiger partial charge in [-0.3, -0.25) is 0 Å². The van der Waals surface area contributed by atoms with Crippen LogP contribution in [0.4, 0.5) is 4.39 Å². The summed E-state index contributed by atoms with van der Waals surface area (Å²) in [5.74, 6) is -0.727. The van der Waals surface area contributed by atoms with Crippen molar-refractivity contribution < 1.29 is 19.0 Å². The summed E-state index contributed by atoms with van der Waals surface area (Å²) in [6.07, 6.45) is 0. The van der Waals surface area contributed by atoms with Gasteiger partial charge in [-0.05, 0) is 48.7 Å². The number of phenols is 1. The fraction of sp³-hybridized carbons (Fsp3) is 0.188. The van der Waals surface area contributed by atoms with Gasteiger partial charge >= 0.3 is 5.97 Å². The lowest BCUT2D eigenvalue weighted by molar-refractivity contribution is 0.0601. The number of rotatable bonds is 2. The van der Waals surface area contributed by atoms with E-state index in [1.54, 1.807) is 32.0 Å². The smallest absolute Gasteiger partial charge is 0.338 e. The summed E-state index contributed by atoms with van der Waals surface area (Å²) in [6, 6.07) is 7.34. The fourth-order valence-corrected chi connectivity index (χ4v) is 2.23. The average Bonchev–Trinajstić information content (AvgIpc) is 2.45.